The van der Waals surface area contributed by atoms with Gasteiger partial charge in [0.25, 0.3) is 0 Å². The summed E-state index contributed by atoms with van der Waals surface area (Å²) in [5.74, 6) is 2.67. The van der Waals surface area contributed by atoms with E-state index < -0.39 is 0 Å². The van der Waals surface area contributed by atoms with Crippen molar-refractivity contribution >= 4 is 11.5 Å². The molecule has 1 N–H and O–H groups in total. The number of benzene rings is 1. The number of ketones is 1. The van der Waals surface area contributed by atoms with Crippen LogP contribution < -0.4 is 9.64 Å². The molecule has 0 bridgehead atoms. The first kappa shape index (κ1) is 19.6. The van der Waals surface area contributed by atoms with Crippen LogP contribution in [-0.2, 0) is 4.79 Å². The maximum absolute atomic E-state index is 12.2. The van der Waals surface area contributed by atoms with Gasteiger partial charge in [-0.15, -0.1) is 0 Å². The maximum atomic E-state index is 12.2. The molecule has 0 amide bonds. The van der Waals surface area contributed by atoms with Crippen molar-refractivity contribution in [2.24, 2.45) is 17.3 Å². The van der Waals surface area contributed by atoms with Crippen molar-refractivity contribution in [1.29, 1.82) is 0 Å². The van der Waals surface area contributed by atoms with Crippen LogP contribution in [0.4, 0.5) is 5.69 Å². The number of carbonyl (C=O) groups is 1. The number of hydrogen-bond donors (Lipinski definition) is 1. The van der Waals surface area contributed by atoms with Gasteiger partial charge in [-0.05, 0) is 90.7 Å². The predicted molar refractivity (Wildman–Crippen MR) is 121 cm³/mol. The average molecular weight is 420 g/mol. The van der Waals surface area contributed by atoms with E-state index in [1.165, 1.54) is 22.4 Å². The van der Waals surface area contributed by atoms with Gasteiger partial charge in [-0.3, -0.25) is 4.79 Å². The summed E-state index contributed by atoms with van der Waals surface area (Å²) in [6, 6.07) is 6.73. The number of anilines is 1. The number of allylic oxidation sites excluding steroid dienone is 4. The van der Waals surface area contributed by atoms with Crippen LogP contribution in [0.1, 0.15) is 63.4 Å². The molecular formula is C27H33NO3. The summed E-state index contributed by atoms with van der Waals surface area (Å²) in [5, 5.41) is 11.0. The standard InChI is InChI=1S/C27H33NO3/c1-27-15-21(17-4-9-24-23(14-17)28(2)11-12-31-24)26-19-7-5-18(29)13-16(19)3-6-20(26)22(27)8-10-25(27)30/h4,9,13-14,20-22,25,30H,3,5-8,10-12,15H2,1-2H3. The van der Waals surface area contributed by atoms with Gasteiger partial charge in [-0.2, -0.15) is 0 Å². The summed E-state index contributed by atoms with van der Waals surface area (Å²) in [4.78, 5) is 14.4. The zero-order valence-corrected chi connectivity index (χ0v) is 18.7. The second kappa shape index (κ2) is 6.96. The second-order valence-corrected chi connectivity index (χ2v) is 10.7. The fourth-order valence-electron chi connectivity index (χ4n) is 7.52. The van der Waals surface area contributed by atoms with Crippen molar-refractivity contribution in [1.82, 2.24) is 0 Å². The van der Waals surface area contributed by atoms with Gasteiger partial charge < -0.3 is 14.7 Å². The van der Waals surface area contributed by atoms with E-state index >= 15 is 0 Å². The molecule has 164 valence electrons. The summed E-state index contributed by atoms with van der Waals surface area (Å²) in [6.45, 7) is 3.98. The van der Waals surface area contributed by atoms with Crippen LogP contribution >= 0.6 is 0 Å². The molecule has 0 spiro atoms. The van der Waals surface area contributed by atoms with Gasteiger partial charge in [0, 0.05) is 19.4 Å². The molecule has 5 unspecified atom stereocenters. The predicted octanol–water partition coefficient (Wildman–Crippen LogP) is 4.78. The molecule has 1 heterocycles. The number of carbonyl (C=O) groups excluding carboxylic acids is 1. The lowest BCUT2D eigenvalue weighted by molar-refractivity contribution is -0.114. The molecule has 1 aromatic rings. The van der Waals surface area contributed by atoms with Crippen LogP contribution in [0, 0.1) is 17.3 Å². The van der Waals surface area contributed by atoms with Crippen LogP contribution in [0.5, 0.6) is 5.75 Å². The van der Waals surface area contributed by atoms with Crippen molar-refractivity contribution in [3.05, 3.63) is 46.6 Å². The fraction of sp³-hybridized carbons (Fsp3) is 0.593. The Hall–Kier alpha value is -2.07. The van der Waals surface area contributed by atoms with Crippen molar-refractivity contribution in [2.75, 3.05) is 25.1 Å². The summed E-state index contributed by atoms with van der Waals surface area (Å²) in [5.41, 5.74) is 6.88. The molecule has 4 nitrogen and oxygen atoms in total. The van der Waals surface area contributed by atoms with Crippen LogP contribution in [0.25, 0.3) is 0 Å². The van der Waals surface area contributed by atoms with E-state index in [1.807, 2.05) is 6.08 Å². The van der Waals surface area contributed by atoms with E-state index in [0.29, 0.717) is 30.0 Å². The summed E-state index contributed by atoms with van der Waals surface area (Å²) >= 11 is 0. The van der Waals surface area contributed by atoms with E-state index in [1.54, 1.807) is 5.57 Å². The molecule has 1 aromatic carbocycles. The number of aliphatic hydroxyl groups is 1. The van der Waals surface area contributed by atoms with Crippen molar-refractivity contribution in [3.8, 4) is 5.75 Å². The number of aliphatic hydroxyl groups excluding tert-OH is 1. The zero-order valence-electron chi connectivity index (χ0n) is 18.7. The summed E-state index contributed by atoms with van der Waals surface area (Å²) in [7, 11) is 2.14. The van der Waals surface area contributed by atoms with Crippen LogP contribution in [0.3, 0.4) is 0 Å². The smallest absolute Gasteiger partial charge is 0.156 e. The molecule has 1 aliphatic heterocycles. The van der Waals surface area contributed by atoms with Gasteiger partial charge >= 0.3 is 0 Å². The first-order valence-corrected chi connectivity index (χ1v) is 12.1. The Morgan fingerprint density at radius 2 is 2.03 bits per heavy atom. The molecule has 2 fully saturated rings. The monoisotopic (exact) mass is 419 g/mol. The highest BCUT2D eigenvalue weighted by molar-refractivity contribution is 5.93. The molecule has 31 heavy (non-hydrogen) atoms. The first-order chi connectivity index (χ1) is 15.0. The number of nitrogens with zero attached hydrogens (tertiary/aromatic N) is 1. The lowest BCUT2D eigenvalue weighted by Crippen LogP contribution is -2.45. The second-order valence-electron chi connectivity index (χ2n) is 10.7. The third-order valence-corrected chi connectivity index (χ3v) is 9.16. The Morgan fingerprint density at radius 3 is 2.90 bits per heavy atom. The molecule has 4 aliphatic carbocycles. The number of ether oxygens (including phenoxy) is 1. The molecule has 0 aromatic heterocycles. The third kappa shape index (κ3) is 2.87. The Labute approximate surface area is 185 Å². The normalized spacial score (nSPS) is 36.8. The Balaban J connectivity index is 1.51. The molecule has 5 atom stereocenters. The van der Waals surface area contributed by atoms with Crippen LogP contribution in [-0.4, -0.2) is 37.2 Å². The number of rotatable bonds is 1. The lowest BCUT2D eigenvalue weighted by atomic mass is 9.53. The molecular weight excluding hydrogens is 386 g/mol. The van der Waals surface area contributed by atoms with Gasteiger partial charge in [0.05, 0.1) is 18.3 Å². The quantitative estimate of drug-likeness (QED) is 0.712. The minimum absolute atomic E-state index is 0.0244. The topological polar surface area (TPSA) is 49.8 Å². The minimum atomic E-state index is -0.208. The first-order valence-electron chi connectivity index (χ1n) is 12.1. The SMILES string of the molecule is CN1CCOc2ccc(C3CC4(C)C(O)CCC4C4CCC5=CC(=O)CCC5=C34)cc21. The number of hydrogen-bond acceptors (Lipinski definition) is 4. The fourth-order valence-corrected chi connectivity index (χ4v) is 7.52. The highest BCUT2D eigenvalue weighted by Gasteiger charge is 2.56. The Bertz CT molecular complexity index is 1010. The summed E-state index contributed by atoms with van der Waals surface area (Å²) < 4.78 is 5.91. The molecule has 0 radical (unpaired) electrons. The minimum Gasteiger partial charge on any atom is -0.490 e. The number of likely N-dealkylation sites (N-methyl/N-ethyl adjacent to an activating group) is 1. The van der Waals surface area contributed by atoms with E-state index in [-0.39, 0.29) is 11.5 Å². The molecule has 5 aliphatic rings. The van der Waals surface area contributed by atoms with Crippen LogP contribution in [0.15, 0.2) is 41.0 Å². The van der Waals surface area contributed by atoms with Crippen molar-refractivity contribution < 1.29 is 14.6 Å². The highest BCUT2D eigenvalue weighted by Crippen LogP contribution is 2.64. The van der Waals surface area contributed by atoms with Gasteiger partial charge in [0.15, 0.2) is 5.78 Å². The van der Waals surface area contributed by atoms with Gasteiger partial charge in [0.2, 0.25) is 0 Å². The largest absolute Gasteiger partial charge is 0.490 e. The van der Waals surface area contributed by atoms with Crippen LogP contribution in [0.2, 0.25) is 0 Å². The van der Waals surface area contributed by atoms with Gasteiger partial charge in [-0.1, -0.05) is 18.6 Å². The maximum Gasteiger partial charge on any atom is 0.156 e. The Morgan fingerprint density at radius 1 is 1.16 bits per heavy atom. The highest BCUT2D eigenvalue weighted by atomic mass is 16.5. The molecule has 6 rings (SSSR count). The van der Waals surface area contributed by atoms with Crippen molar-refractivity contribution in [3.63, 3.8) is 0 Å². The Kier molecular flexibility index (Phi) is 4.40. The van der Waals surface area contributed by atoms with Crippen molar-refractivity contribution in [2.45, 2.75) is 63.9 Å². The molecule has 2 saturated carbocycles. The molecule has 0 saturated heterocycles. The zero-order chi connectivity index (χ0) is 21.3. The number of fused-ring (bicyclic) bond motifs is 5. The van der Waals surface area contributed by atoms with Gasteiger partial charge in [0.1, 0.15) is 12.4 Å². The van der Waals surface area contributed by atoms with E-state index in [0.717, 1.165) is 57.4 Å². The van der Waals surface area contributed by atoms with E-state index in [9.17, 15) is 9.90 Å². The third-order valence-electron chi connectivity index (χ3n) is 9.16. The molecule has 4 heteroatoms. The lowest BCUT2D eigenvalue weighted by Gasteiger charge is -2.52. The summed E-state index contributed by atoms with van der Waals surface area (Å²) in [6.07, 6.45) is 8.46. The van der Waals surface area contributed by atoms with Gasteiger partial charge in [-0.25, -0.2) is 0 Å². The van der Waals surface area contributed by atoms with E-state index in [2.05, 4.69) is 37.1 Å². The van der Waals surface area contributed by atoms with E-state index in [4.69, 9.17) is 4.74 Å². The average Bonchev–Trinajstić information content (AvgIpc) is 3.07.